The Hall–Kier alpha value is -3.24. The van der Waals surface area contributed by atoms with E-state index in [0.29, 0.717) is 0 Å². The van der Waals surface area contributed by atoms with Crippen molar-refractivity contribution >= 4 is 24.3 Å². The van der Waals surface area contributed by atoms with Crippen molar-refractivity contribution in [1.29, 1.82) is 0 Å². The van der Waals surface area contributed by atoms with E-state index in [-0.39, 0.29) is 0 Å². The van der Waals surface area contributed by atoms with E-state index >= 15 is 0 Å². The van der Waals surface area contributed by atoms with Crippen LogP contribution in [-0.4, -0.2) is 32.5 Å². The van der Waals surface area contributed by atoms with Crippen LogP contribution in [0.5, 0.6) is 0 Å². The standard InChI is InChI=1S/C24H23N4/c1-2-16-11-21-13-19-4-3-17(25-19)12-18-5-6-20(26-18)14-22-7-8-23(15-24(16)27-21)28(22)9-10-28/h3-8,11-15,25-27H,2,9-10H2,1H3/q+1. The van der Waals surface area contributed by atoms with Crippen molar-refractivity contribution in [2.24, 2.45) is 0 Å². The zero-order valence-electron chi connectivity index (χ0n) is 15.9. The lowest BCUT2D eigenvalue weighted by molar-refractivity contribution is -0.699. The van der Waals surface area contributed by atoms with Gasteiger partial charge in [-0.25, -0.2) is 4.48 Å². The Morgan fingerprint density at radius 2 is 1.43 bits per heavy atom. The van der Waals surface area contributed by atoms with E-state index in [4.69, 9.17) is 0 Å². The van der Waals surface area contributed by atoms with Crippen LogP contribution in [0.4, 0.5) is 0 Å². The average molecular weight is 367 g/mol. The molecule has 4 nitrogen and oxygen atoms in total. The van der Waals surface area contributed by atoms with Crippen LogP contribution in [0.15, 0.2) is 53.9 Å². The molecule has 3 aromatic rings. The Kier molecular flexibility index (Phi) is 3.17. The number of aromatic nitrogens is 3. The number of fused-ring (bicyclic) bond motifs is 6. The fraction of sp³-hybridized carbons (Fsp3) is 0.167. The van der Waals surface area contributed by atoms with Crippen molar-refractivity contribution < 1.29 is 4.48 Å². The summed E-state index contributed by atoms with van der Waals surface area (Å²) >= 11 is 0. The minimum absolute atomic E-state index is 0.969. The Balaban J connectivity index is 1.62. The highest BCUT2D eigenvalue weighted by Crippen LogP contribution is 2.41. The van der Waals surface area contributed by atoms with Crippen LogP contribution in [0.25, 0.3) is 24.3 Å². The Morgan fingerprint density at radius 3 is 2.14 bits per heavy atom. The van der Waals surface area contributed by atoms with Crippen LogP contribution >= 0.6 is 0 Å². The lowest BCUT2D eigenvalue weighted by Gasteiger charge is -2.14. The zero-order valence-corrected chi connectivity index (χ0v) is 15.9. The van der Waals surface area contributed by atoms with Crippen molar-refractivity contribution in [3.63, 3.8) is 0 Å². The molecule has 6 rings (SSSR count). The minimum atomic E-state index is 0.969. The van der Waals surface area contributed by atoms with Gasteiger partial charge in [0.25, 0.3) is 0 Å². The monoisotopic (exact) mass is 367 g/mol. The SMILES string of the molecule is CCc1cc2[nH]c1=CC1=CC=C(C=c3ccc([nH]3)=Cc3ccc([nH]3)C=2)[N+]12CC2. The lowest BCUT2D eigenvalue weighted by Crippen LogP contribution is -2.23. The fourth-order valence-corrected chi connectivity index (χ4v) is 4.44. The summed E-state index contributed by atoms with van der Waals surface area (Å²) in [5.41, 5.74) is 6.30. The van der Waals surface area contributed by atoms with Gasteiger partial charge in [0.1, 0.15) is 24.5 Å². The van der Waals surface area contributed by atoms with Gasteiger partial charge in [0.15, 0.2) is 0 Å². The van der Waals surface area contributed by atoms with Gasteiger partial charge in [0.2, 0.25) is 0 Å². The third-order valence-electron chi connectivity index (χ3n) is 6.10. The third kappa shape index (κ3) is 2.42. The maximum absolute atomic E-state index is 3.63. The maximum atomic E-state index is 3.63. The summed E-state index contributed by atoms with van der Waals surface area (Å²) in [6.45, 7) is 4.57. The Bertz CT molecular complexity index is 1400. The number of nitrogens with one attached hydrogen (secondary N) is 3. The molecule has 1 fully saturated rings. The van der Waals surface area contributed by atoms with Crippen LogP contribution in [-0.2, 0) is 6.42 Å². The second-order valence-corrected chi connectivity index (χ2v) is 7.93. The van der Waals surface area contributed by atoms with Crippen molar-refractivity contribution in [1.82, 2.24) is 15.0 Å². The molecule has 0 radical (unpaired) electrons. The maximum Gasteiger partial charge on any atom is 0.140 e. The number of H-pyrrole nitrogens is 3. The summed E-state index contributed by atoms with van der Waals surface area (Å²) in [4.78, 5) is 10.6. The summed E-state index contributed by atoms with van der Waals surface area (Å²) in [6, 6.07) is 10.8. The van der Waals surface area contributed by atoms with Crippen LogP contribution in [0.2, 0.25) is 0 Å². The number of aromatic amines is 3. The van der Waals surface area contributed by atoms with E-state index in [1.165, 1.54) is 35.4 Å². The molecular formula is C24H23N4+. The van der Waals surface area contributed by atoms with Crippen molar-refractivity contribution in [2.45, 2.75) is 13.3 Å². The smallest absolute Gasteiger partial charge is 0.140 e. The Labute approximate surface area is 162 Å². The first-order valence-corrected chi connectivity index (χ1v) is 10.0. The summed E-state index contributed by atoms with van der Waals surface area (Å²) in [6.07, 6.45) is 14.6. The fourth-order valence-electron chi connectivity index (χ4n) is 4.44. The molecule has 4 heteroatoms. The van der Waals surface area contributed by atoms with Crippen LogP contribution in [0.1, 0.15) is 23.9 Å². The largest absolute Gasteiger partial charge is 0.355 e. The first kappa shape index (κ1) is 15.8. The van der Waals surface area contributed by atoms with E-state index in [9.17, 15) is 0 Å². The van der Waals surface area contributed by atoms with Gasteiger partial charge >= 0.3 is 0 Å². The summed E-state index contributed by atoms with van der Waals surface area (Å²) < 4.78 is 0.969. The van der Waals surface area contributed by atoms with Gasteiger partial charge in [-0.1, -0.05) is 6.92 Å². The van der Waals surface area contributed by atoms with Gasteiger partial charge in [-0.2, -0.15) is 0 Å². The number of quaternary nitrogens is 1. The number of hydrogen-bond acceptors (Lipinski definition) is 0. The zero-order chi connectivity index (χ0) is 18.7. The quantitative estimate of drug-likeness (QED) is 0.426. The molecule has 0 unspecified atom stereocenters. The number of rotatable bonds is 1. The Morgan fingerprint density at radius 1 is 0.750 bits per heavy atom. The van der Waals surface area contributed by atoms with Crippen LogP contribution < -0.4 is 21.4 Å². The van der Waals surface area contributed by atoms with Gasteiger partial charge in [0.05, 0.1) is 0 Å². The lowest BCUT2D eigenvalue weighted by atomic mass is 10.2. The molecule has 0 atom stereocenters. The molecule has 1 spiro atoms. The highest BCUT2D eigenvalue weighted by Gasteiger charge is 2.50. The summed E-state index contributed by atoms with van der Waals surface area (Å²) in [5, 5.41) is 4.63. The second kappa shape index (κ2) is 5.63. The number of hydrogen-bond donors (Lipinski definition) is 3. The van der Waals surface area contributed by atoms with Crippen molar-refractivity contribution in [2.75, 3.05) is 13.1 Å². The van der Waals surface area contributed by atoms with Gasteiger partial charge in [-0.05, 0) is 54.5 Å². The first-order chi connectivity index (χ1) is 13.7. The molecule has 0 amide bonds. The molecule has 28 heavy (non-hydrogen) atoms. The molecule has 138 valence electrons. The van der Waals surface area contributed by atoms with Crippen LogP contribution in [0, 0.1) is 0 Å². The predicted octanol–water partition coefficient (Wildman–Crippen LogP) is 1.08. The van der Waals surface area contributed by atoms with Gasteiger partial charge in [-0.15, -0.1) is 0 Å². The molecule has 3 aliphatic rings. The van der Waals surface area contributed by atoms with E-state index in [2.05, 4.69) is 88.7 Å². The highest BCUT2D eigenvalue weighted by atomic mass is 15.5. The van der Waals surface area contributed by atoms with Crippen LogP contribution in [0.3, 0.4) is 0 Å². The number of aryl methyl sites for hydroxylation is 1. The molecule has 3 N–H and O–H groups in total. The first-order valence-electron chi connectivity index (χ1n) is 10.0. The topological polar surface area (TPSA) is 47.4 Å². The normalized spacial score (nSPS) is 18.5. The number of allylic oxidation sites excluding steroid dienone is 4. The molecule has 8 bridgehead atoms. The van der Waals surface area contributed by atoms with Gasteiger partial charge in [0, 0.05) is 57.1 Å². The molecule has 0 aromatic carbocycles. The predicted molar refractivity (Wildman–Crippen MR) is 112 cm³/mol. The molecule has 0 saturated carbocycles. The van der Waals surface area contributed by atoms with Gasteiger partial charge in [-0.3, -0.25) is 0 Å². The van der Waals surface area contributed by atoms with Gasteiger partial charge < -0.3 is 15.0 Å². The molecule has 1 saturated heterocycles. The van der Waals surface area contributed by atoms with Crippen molar-refractivity contribution in [3.8, 4) is 0 Å². The third-order valence-corrected chi connectivity index (χ3v) is 6.10. The van der Waals surface area contributed by atoms with E-state index in [1.54, 1.807) is 0 Å². The summed E-state index contributed by atoms with van der Waals surface area (Å²) in [7, 11) is 0. The molecule has 3 aliphatic heterocycles. The molecule has 6 heterocycles. The van der Waals surface area contributed by atoms with Crippen molar-refractivity contribution in [3.05, 3.63) is 92.2 Å². The molecular weight excluding hydrogens is 344 g/mol. The average Bonchev–Trinajstić information content (AvgIpc) is 3.01. The second-order valence-electron chi connectivity index (χ2n) is 7.93. The molecule has 3 aromatic heterocycles. The summed E-state index contributed by atoms with van der Waals surface area (Å²) in [5.74, 6) is 0. The van der Waals surface area contributed by atoms with E-state index in [0.717, 1.165) is 38.3 Å². The van der Waals surface area contributed by atoms with E-state index in [1.807, 2.05) is 0 Å². The molecule has 0 aliphatic carbocycles. The highest BCUT2D eigenvalue weighted by molar-refractivity contribution is 5.57. The van der Waals surface area contributed by atoms with E-state index < -0.39 is 0 Å². The number of nitrogens with zero attached hydrogens (tertiary/aromatic N) is 1. The minimum Gasteiger partial charge on any atom is -0.355 e.